The van der Waals surface area contributed by atoms with E-state index in [2.05, 4.69) is 4.98 Å². The lowest BCUT2D eigenvalue weighted by molar-refractivity contribution is -0.125. The molecule has 2 heterocycles. The number of carbonyl (C=O) groups is 3. The number of rotatable bonds is 5. The molecular weight excluding hydrogens is 488 g/mol. The second-order valence-corrected chi connectivity index (χ2v) is 10.3. The molecule has 6 rings (SSSR count). The smallest absolute Gasteiger partial charge is 0.340 e. The number of esters is 1. The second kappa shape index (κ2) is 8.51. The van der Waals surface area contributed by atoms with Gasteiger partial charge >= 0.3 is 5.97 Å². The number of allylic oxidation sites excluding steroid dienone is 2. The van der Waals surface area contributed by atoms with Crippen molar-refractivity contribution in [3.05, 3.63) is 57.1 Å². The molecule has 1 aromatic carbocycles. The summed E-state index contributed by atoms with van der Waals surface area (Å²) in [5.41, 5.74) is 4.78. The minimum atomic E-state index is -0.518. The topological polar surface area (TPSA) is 107 Å². The highest BCUT2D eigenvalue weighted by Gasteiger charge is 2.69. The normalized spacial score (nSPS) is 22.7. The number of methoxy groups -OCH3 is 4. The number of ether oxygens (including phenoxy) is 4. The molecule has 1 saturated heterocycles. The number of ketones is 1. The summed E-state index contributed by atoms with van der Waals surface area (Å²) in [4.78, 5) is 44.8. The summed E-state index contributed by atoms with van der Waals surface area (Å²) >= 11 is 0. The van der Waals surface area contributed by atoms with E-state index in [0.717, 1.165) is 24.0 Å². The van der Waals surface area contributed by atoms with Crippen molar-refractivity contribution < 1.29 is 33.3 Å². The molecule has 3 aliphatic carbocycles. The molecule has 0 bridgehead atoms. The average molecular weight is 519 g/mol. The van der Waals surface area contributed by atoms with Crippen LogP contribution in [0.2, 0.25) is 0 Å². The Balaban J connectivity index is 1.40. The van der Waals surface area contributed by atoms with Crippen LogP contribution < -0.4 is 14.2 Å². The van der Waals surface area contributed by atoms with E-state index >= 15 is 0 Å². The van der Waals surface area contributed by atoms with E-state index in [9.17, 15) is 14.4 Å². The maximum atomic E-state index is 14.0. The van der Waals surface area contributed by atoms with Gasteiger partial charge in [-0.1, -0.05) is 0 Å². The summed E-state index contributed by atoms with van der Waals surface area (Å²) in [6.45, 7) is 2.27. The zero-order valence-corrected chi connectivity index (χ0v) is 22.1. The molecule has 1 aliphatic heterocycles. The highest BCUT2D eigenvalue weighted by atomic mass is 16.5. The summed E-state index contributed by atoms with van der Waals surface area (Å²) in [6.07, 6.45) is 6.33. The van der Waals surface area contributed by atoms with E-state index < -0.39 is 11.4 Å². The Morgan fingerprint density at radius 1 is 1.05 bits per heavy atom. The van der Waals surface area contributed by atoms with Crippen molar-refractivity contribution in [3.63, 3.8) is 0 Å². The number of amides is 1. The number of nitrogens with zero attached hydrogens (tertiary/aromatic N) is 1. The molecule has 4 aliphatic rings. The van der Waals surface area contributed by atoms with Crippen LogP contribution in [0.1, 0.15) is 62.5 Å². The molecule has 38 heavy (non-hydrogen) atoms. The molecule has 9 nitrogen and oxygen atoms in total. The first-order valence-electron chi connectivity index (χ1n) is 12.7. The fraction of sp³-hybridized carbons (Fsp3) is 0.414. The van der Waals surface area contributed by atoms with Crippen molar-refractivity contribution in [1.82, 2.24) is 9.88 Å². The predicted octanol–water partition coefficient (Wildman–Crippen LogP) is 3.74. The summed E-state index contributed by atoms with van der Waals surface area (Å²) < 4.78 is 21.8. The first-order chi connectivity index (χ1) is 18.3. The highest BCUT2D eigenvalue weighted by Crippen LogP contribution is 2.67. The third-order valence-corrected chi connectivity index (χ3v) is 8.48. The van der Waals surface area contributed by atoms with Crippen LogP contribution in [0.4, 0.5) is 0 Å². The Hall–Kier alpha value is -4.01. The van der Waals surface area contributed by atoms with E-state index in [1.165, 1.54) is 7.11 Å². The molecule has 2 atom stereocenters. The molecule has 198 valence electrons. The molecule has 1 saturated carbocycles. The highest BCUT2D eigenvalue weighted by molar-refractivity contribution is 6.12. The quantitative estimate of drug-likeness (QED) is 0.601. The first-order valence-corrected chi connectivity index (χ1v) is 12.7. The Morgan fingerprint density at radius 2 is 1.82 bits per heavy atom. The lowest BCUT2D eigenvalue weighted by Gasteiger charge is -2.29. The van der Waals surface area contributed by atoms with Gasteiger partial charge in [0.1, 0.15) is 0 Å². The standard InChI is InChI=1S/C29H30N2O7/c1-14-22(28(34)38-5)23-24(30-14)19(32)11-21-29(23)12-17(29)13-31(21)27(33)15-7-6-8-18-16(9-15)10-20(35-2)26(37-4)25(18)36-3/h9-11,17,30H,6-8,12-13H2,1-5H3. The van der Waals surface area contributed by atoms with Crippen LogP contribution in [0.15, 0.2) is 23.4 Å². The monoisotopic (exact) mass is 518 g/mol. The van der Waals surface area contributed by atoms with Gasteiger partial charge in [-0.25, -0.2) is 4.79 Å². The Labute approximate surface area is 220 Å². The number of H-pyrrole nitrogens is 1. The summed E-state index contributed by atoms with van der Waals surface area (Å²) in [5, 5.41) is 0. The maximum absolute atomic E-state index is 14.0. The van der Waals surface area contributed by atoms with E-state index in [1.54, 1.807) is 39.2 Å². The number of hydrogen-bond acceptors (Lipinski definition) is 7. The second-order valence-electron chi connectivity index (χ2n) is 10.3. The molecule has 2 aromatic rings. The van der Waals surface area contributed by atoms with Crippen LogP contribution in [0.5, 0.6) is 17.2 Å². The van der Waals surface area contributed by atoms with Gasteiger partial charge in [-0.05, 0) is 56.2 Å². The minimum Gasteiger partial charge on any atom is -0.493 e. The molecular formula is C29H30N2O7. The SMILES string of the molecule is COC(=O)c1c(C)[nH]c2c1C13CC1CN(C(=O)C1=Cc4cc(OC)c(OC)c(OC)c4CCC1)C3=CC2=O. The lowest BCUT2D eigenvalue weighted by atomic mass is 9.82. The summed E-state index contributed by atoms with van der Waals surface area (Å²) in [6, 6.07) is 1.87. The Bertz CT molecular complexity index is 1480. The van der Waals surface area contributed by atoms with Crippen molar-refractivity contribution in [2.45, 2.75) is 38.0 Å². The minimum absolute atomic E-state index is 0.118. The zero-order chi connectivity index (χ0) is 26.9. The zero-order valence-electron chi connectivity index (χ0n) is 22.1. The molecule has 1 amide bonds. The van der Waals surface area contributed by atoms with Crippen molar-refractivity contribution in [1.29, 1.82) is 0 Å². The fourth-order valence-corrected chi connectivity index (χ4v) is 6.75. The van der Waals surface area contributed by atoms with Crippen LogP contribution in [0.3, 0.4) is 0 Å². The van der Waals surface area contributed by atoms with E-state index in [4.69, 9.17) is 18.9 Å². The number of aromatic amines is 1. The van der Waals surface area contributed by atoms with Crippen molar-refractivity contribution in [3.8, 4) is 17.2 Å². The van der Waals surface area contributed by atoms with Gasteiger partial charge in [0, 0.05) is 46.1 Å². The third kappa shape index (κ3) is 3.14. The van der Waals surface area contributed by atoms with Gasteiger partial charge in [0.25, 0.3) is 5.91 Å². The first kappa shape index (κ1) is 24.3. The molecule has 2 unspecified atom stereocenters. The largest absolute Gasteiger partial charge is 0.493 e. The Morgan fingerprint density at radius 3 is 2.50 bits per heavy atom. The molecule has 1 aromatic heterocycles. The van der Waals surface area contributed by atoms with Gasteiger partial charge in [-0.15, -0.1) is 0 Å². The molecule has 1 N–H and O–H groups in total. The number of carbonyl (C=O) groups excluding carboxylic acids is 3. The van der Waals surface area contributed by atoms with Crippen molar-refractivity contribution in [2.75, 3.05) is 35.0 Å². The predicted molar refractivity (Wildman–Crippen MR) is 138 cm³/mol. The molecule has 2 fully saturated rings. The van der Waals surface area contributed by atoms with Crippen LogP contribution in [-0.2, 0) is 21.4 Å². The van der Waals surface area contributed by atoms with Crippen LogP contribution >= 0.6 is 0 Å². The molecule has 9 heteroatoms. The number of piperidine rings is 1. The number of hydrogen-bond donors (Lipinski definition) is 1. The van der Waals surface area contributed by atoms with Crippen molar-refractivity contribution in [2.24, 2.45) is 5.92 Å². The van der Waals surface area contributed by atoms with Gasteiger partial charge < -0.3 is 28.8 Å². The van der Waals surface area contributed by atoms with Gasteiger partial charge in [-0.3, -0.25) is 9.59 Å². The number of benzene rings is 1. The number of aryl methyl sites for hydroxylation is 1. The number of nitrogens with one attached hydrogen (secondary N) is 1. The fourth-order valence-electron chi connectivity index (χ4n) is 6.75. The van der Waals surface area contributed by atoms with Gasteiger partial charge in [0.15, 0.2) is 11.5 Å². The van der Waals surface area contributed by atoms with Gasteiger partial charge in [-0.2, -0.15) is 0 Å². The summed E-state index contributed by atoms with van der Waals surface area (Å²) in [7, 11) is 6.08. The van der Waals surface area contributed by atoms with E-state index in [0.29, 0.717) is 70.4 Å². The van der Waals surface area contributed by atoms with Crippen LogP contribution in [0.25, 0.3) is 6.08 Å². The summed E-state index contributed by atoms with van der Waals surface area (Å²) in [5.74, 6) is 0.994. The average Bonchev–Trinajstić information content (AvgIpc) is 3.46. The molecule has 1 spiro atoms. The number of aromatic nitrogens is 1. The molecule has 0 radical (unpaired) electrons. The van der Waals surface area contributed by atoms with Gasteiger partial charge in [0.2, 0.25) is 11.5 Å². The van der Waals surface area contributed by atoms with E-state index in [1.807, 2.05) is 12.1 Å². The van der Waals surface area contributed by atoms with Crippen LogP contribution in [-0.4, -0.2) is 62.5 Å². The van der Waals surface area contributed by atoms with Gasteiger partial charge in [0.05, 0.1) is 39.7 Å². The van der Waals surface area contributed by atoms with E-state index in [-0.39, 0.29) is 17.6 Å². The number of likely N-dealkylation sites (tertiary alicyclic amines) is 1. The Kier molecular flexibility index (Phi) is 5.45. The van der Waals surface area contributed by atoms with Crippen LogP contribution in [0, 0.1) is 12.8 Å². The maximum Gasteiger partial charge on any atom is 0.340 e. The van der Waals surface area contributed by atoms with Crippen molar-refractivity contribution >= 4 is 23.7 Å². The number of fused-ring (bicyclic) bond motifs is 2. The third-order valence-electron chi connectivity index (χ3n) is 8.48. The lowest BCUT2D eigenvalue weighted by Crippen LogP contribution is -2.35.